The van der Waals surface area contributed by atoms with E-state index in [1.54, 1.807) is 0 Å². The van der Waals surface area contributed by atoms with Crippen molar-refractivity contribution in [2.75, 3.05) is 26.7 Å². The van der Waals surface area contributed by atoms with Crippen molar-refractivity contribution in [3.05, 3.63) is 71.5 Å². The number of hydrogen-bond donors (Lipinski definition) is 1. The first kappa shape index (κ1) is 19.5. The van der Waals surface area contributed by atoms with Crippen LogP contribution in [-0.2, 0) is 16.0 Å². The standard InChI is InChI=1S/C22H27FN2O2/c1-27-22(26)21(18-5-3-2-4-6-18)24-20-12-15-25(16-13-20)14-11-17-7-9-19(23)10-8-17/h2-10,20-21,24H,11-16H2,1H3/t21-/m1/s1. The van der Waals surface area contributed by atoms with E-state index in [0.29, 0.717) is 0 Å². The number of likely N-dealkylation sites (tertiary alicyclic amines) is 1. The van der Waals surface area contributed by atoms with Gasteiger partial charge in [-0.05, 0) is 55.6 Å². The highest BCUT2D eigenvalue weighted by atomic mass is 19.1. The number of hydrogen-bond acceptors (Lipinski definition) is 4. The Bertz CT molecular complexity index is 713. The Hall–Kier alpha value is -2.24. The lowest BCUT2D eigenvalue weighted by Gasteiger charge is -2.34. The number of nitrogens with one attached hydrogen (secondary N) is 1. The van der Waals surface area contributed by atoms with Crippen molar-refractivity contribution in [3.63, 3.8) is 0 Å². The average molecular weight is 370 g/mol. The molecular formula is C22H27FN2O2. The molecule has 1 N–H and O–H groups in total. The Balaban J connectivity index is 1.49. The maximum absolute atomic E-state index is 13.0. The Morgan fingerprint density at radius 3 is 2.44 bits per heavy atom. The molecule has 4 nitrogen and oxygen atoms in total. The summed E-state index contributed by atoms with van der Waals surface area (Å²) in [5, 5.41) is 3.48. The fourth-order valence-electron chi connectivity index (χ4n) is 3.56. The molecule has 2 aromatic rings. The minimum Gasteiger partial charge on any atom is -0.468 e. The zero-order valence-electron chi connectivity index (χ0n) is 15.7. The predicted molar refractivity (Wildman–Crippen MR) is 104 cm³/mol. The lowest BCUT2D eigenvalue weighted by atomic mass is 10.0. The van der Waals surface area contributed by atoms with E-state index in [1.165, 1.54) is 19.2 Å². The number of nitrogens with zero attached hydrogens (tertiary/aromatic N) is 1. The van der Waals surface area contributed by atoms with E-state index < -0.39 is 6.04 Å². The van der Waals surface area contributed by atoms with Gasteiger partial charge < -0.3 is 9.64 Å². The minimum atomic E-state index is -0.424. The maximum atomic E-state index is 13.0. The highest BCUT2D eigenvalue weighted by Gasteiger charge is 2.27. The van der Waals surface area contributed by atoms with Gasteiger partial charge in [-0.15, -0.1) is 0 Å². The van der Waals surface area contributed by atoms with Crippen LogP contribution in [0.2, 0.25) is 0 Å². The number of carbonyl (C=O) groups excluding carboxylic acids is 1. The number of methoxy groups -OCH3 is 1. The highest BCUT2D eigenvalue weighted by Crippen LogP contribution is 2.19. The molecule has 1 aliphatic heterocycles. The molecule has 1 aliphatic rings. The lowest BCUT2D eigenvalue weighted by molar-refractivity contribution is -0.143. The molecule has 27 heavy (non-hydrogen) atoms. The summed E-state index contributed by atoms with van der Waals surface area (Å²) in [4.78, 5) is 14.6. The van der Waals surface area contributed by atoms with Gasteiger partial charge in [-0.25, -0.2) is 9.18 Å². The summed E-state index contributed by atoms with van der Waals surface area (Å²) < 4.78 is 18.0. The van der Waals surface area contributed by atoms with E-state index in [0.717, 1.165) is 50.0 Å². The molecule has 1 saturated heterocycles. The van der Waals surface area contributed by atoms with Crippen molar-refractivity contribution >= 4 is 5.97 Å². The number of esters is 1. The highest BCUT2D eigenvalue weighted by molar-refractivity contribution is 5.77. The molecule has 2 aromatic carbocycles. The topological polar surface area (TPSA) is 41.6 Å². The molecule has 0 saturated carbocycles. The molecule has 0 bridgehead atoms. The van der Waals surface area contributed by atoms with E-state index >= 15 is 0 Å². The van der Waals surface area contributed by atoms with Gasteiger partial charge in [0, 0.05) is 12.6 Å². The van der Waals surface area contributed by atoms with Crippen LogP contribution in [0.3, 0.4) is 0 Å². The van der Waals surface area contributed by atoms with Crippen molar-refractivity contribution in [1.29, 1.82) is 0 Å². The number of carbonyl (C=O) groups is 1. The number of benzene rings is 2. The summed E-state index contributed by atoms with van der Waals surface area (Å²) in [7, 11) is 1.43. The second-order valence-corrected chi connectivity index (χ2v) is 7.03. The molecule has 0 radical (unpaired) electrons. The van der Waals surface area contributed by atoms with E-state index in [-0.39, 0.29) is 17.8 Å². The van der Waals surface area contributed by atoms with Crippen LogP contribution in [0.1, 0.15) is 30.0 Å². The fraction of sp³-hybridized carbons (Fsp3) is 0.409. The largest absolute Gasteiger partial charge is 0.468 e. The third kappa shape index (κ3) is 5.62. The number of piperidine rings is 1. The van der Waals surface area contributed by atoms with Crippen molar-refractivity contribution in [2.24, 2.45) is 0 Å². The molecule has 1 heterocycles. The first-order valence-electron chi connectivity index (χ1n) is 9.51. The Kier molecular flexibility index (Phi) is 6.96. The van der Waals surface area contributed by atoms with Crippen molar-refractivity contribution < 1.29 is 13.9 Å². The number of halogens is 1. The van der Waals surface area contributed by atoms with Crippen molar-refractivity contribution in [1.82, 2.24) is 10.2 Å². The predicted octanol–water partition coefficient (Wildman–Crippen LogP) is 3.34. The summed E-state index contributed by atoms with van der Waals surface area (Å²) >= 11 is 0. The Labute approximate surface area is 160 Å². The van der Waals surface area contributed by atoms with Crippen LogP contribution in [0.15, 0.2) is 54.6 Å². The van der Waals surface area contributed by atoms with Crippen LogP contribution in [0, 0.1) is 5.82 Å². The smallest absolute Gasteiger partial charge is 0.327 e. The number of ether oxygens (including phenoxy) is 1. The Morgan fingerprint density at radius 2 is 1.81 bits per heavy atom. The van der Waals surface area contributed by atoms with Crippen molar-refractivity contribution in [2.45, 2.75) is 31.3 Å². The van der Waals surface area contributed by atoms with Crippen LogP contribution in [0.4, 0.5) is 4.39 Å². The normalized spacial score (nSPS) is 16.8. The Morgan fingerprint density at radius 1 is 1.15 bits per heavy atom. The average Bonchev–Trinajstić information content (AvgIpc) is 2.72. The first-order valence-corrected chi connectivity index (χ1v) is 9.51. The summed E-state index contributed by atoms with van der Waals surface area (Å²) in [6.07, 6.45) is 2.90. The molecule has 1 atom stereocenters. The van der Waals surface area contributed by atoms with Crippen LogP contribution in [0.5, 0.6) is 0 Å². The van der Waals surface area contributed by atoms with E-state index in [9.17, 15) is 9.18 Å². The second-order valence-electron chi connectivity index (χ2n) is 7.03. The summed E-state index contributed by atoms with van der Waals surface area (Å²) in [5.74, 6) is -0.441. The van der Waals surface area contributed by atoms with Gasteiger partial charge >= 0.3 is 5.97 Å². The van der Waals surface area contributed by atoms with Gasteiger partial charge in [-0.2, -0.15) is 0 Å². The van der Waals surface area contributed by atoms with Gasteiger partial charge in [-0.1, -0.05) is 42.5 Å². The molecule has 5 heteroatoms. The fourth-order valence-corrected chi connectivity index (χ4v) is 3.56. The molecule has 3 rings (SSSR count). The quantitative estimate of drug-likeness (QED) is 0.759. The van der Waals surface area contributed by atoms with Gasteiger partial charge in [-0.3, -0.25) is 5.32 Å². The van der Waals surface area contributed by atoms with Crippen molar-refractivity contribution in [3.8, 4) is 0 Å². The third-order valence-electron chi connectivity index (χ3n) is 5.19. The molecule has 0 aliphatic carbocycles. The van der Waals surface area contributed by atoms with E-state index in [1.807, 2.05) is 42.5 Å². The zero-order valence-corrected chi connectivity index (χ0v) is 15.7. The minimum absolute atomic E-state index is 0.191. The number of rotatable bonds is 7. The zero-order chi connectivity index (χ0) is 19.1. The van der Waals surface area contributed by atoms with Crippen LogP contribution in [-0.4, -0.2) is 43.7 Å². The van der Waals surface area contributed by atoms with Gasteiger partial charge in [0.05, 0.1) is 7.11 Å². The third-order valence-corrected chi connectivity index (χ3v) is 5.19. The van der Waals surface area contributed by atoms with Crippen LogP contribution >= 0.6 is 0 Å². The van der Waals surface area contributed by atoms with E-state index in [4.69, 9.17) is 4.74 Å². The monoisotopic (exact) mass is 370 g/mol. The van der Waals surface area contributed by atoms with Crippen LogP contribution < -0.4 is 5.32 Å². The molecule has 144 valence electrons. The summed E-state index contributed by atoms with van der Waals surface area (Å²) in [6.45, 7) is 2.94. The second kappa shape index (κ2) is 9.62. The molecule has 0 amide bonds. The summed E-state index contributed by atoms with van der Waals surface area (Å²) in [6, 6.07) is 16.3. The van der Waals surface area contributed by atoms with Gasteiger partial charge in [0.15, 0.2) is 0 Å². The molecule has 0 spiro atoms. The SMILES string of the molecule is COC(=O)[C@H](NC1CCN(CCc2ccc(F)cc2)CC1)c1ccccc1. The van der Waals surface area contributed by atoms with Gasteiger partial charge in [0.25, 0.3) is 0 Å². The molecule has 1 fully saturated rings. The van der Waals surface area contributed by atoms with E-state index in [2.05, 4.69) is 10.2 Å². The maximum Gasteiger partial charge on any atom is 0.327 e. The van der Waals surface area contributed by atoms with Gasteiger partial charge in [0.2, 0.25) is 0 Å². The summed E-state index contributed by atoms with van der Waals surface area (Å²) in [5.41, 5.74) is 2.09. The van der Waals surface area contributed by atoms with Crippen LogP contribution in [0.25, 0.3) is 0 Å². The molecular weight excluding hydrogens is 343 g/mol. The first-order chi connectivity index (χ1) is 13.2. The van der Waals surface area contributed by atoms with Gasteiger partial charge in [0.1, 0.15) is 11.9 Å². The lowest BCUT2D eigenvalue weighted by Crippen LogP contribution is -2.45. The molecule has 0 unspecified atom stereocenters. The molecule has 0 aromatic heterocycles.